The van der Waals surface area contributed by atoms with Gasteiger partial charge < -0.3 is 9.47 Å². The smallest absolute Gasteiger partial charge is 0.319 e. The Morgan fingerprint density at radius 1 is 1.56 bits per heavy atom. The van der Waals surface area contributed by atoms with Gasteiger partial charge in [0.1, 0.15) is 5.25 Å². The number of carbonyl (C=O) groups excluding carboxylic acids is 1. The number of carbonyl (C=O) groups is 1. The normalized spacial score (nSPS) is 22.0. The molecule has 0 aromatic carbocycles. The highest BCUT2D eigenvalue weighted by Gasteiger charge is 2.23. The Labute approximate surface area is 102 Å². The molecule has 1 aliphatic heterocycles. The summed E-state index contributed by atoms with van der Waals surface area (Å²) in [7, 11) is 0. The van der Waals surface area contributed by atoms with Crippen LogP contribution in [0.2, 0.25) is 0 Å². The summed E-state index contributed by atoms with van der Waals surface area (Å²) in [5.41, 5.74) is 0. The summed E-state index contributed by atoms with van der Waals surface area (Å²) in [5, 5.41) is -0.00542. The molecule has 0 aromatic rings. The molecule has 0 bridgehead atoms. The van der Waals surface area contributed by atoms with E-state index in [2.05, 4.69) is 6.92 Å². The zero-order valence-corrected chi connectivity index (χ0v) is 11.1. The van der Waals surface area contributed by atoms with Gasteiger partial charge in [-0.15, -0.1) is 11.8 Å². The first-order valence-electron chi connectivity index (χ1n) is 6.17. The molecule has 0 aromatic heterocycles. The van der Waals surface area contributed by atoms with Gasteiger partial charge in [-0.2, -0.15) is 0 Å². The van der Waals surface area contributed by atoms with Crippen molar-refractivity contribution >= 4 is 17.7 Å². The minimum Gasteiger partial charge on any atom is -0.465 e. The average Bonchev–Trinajstić information content (AvgIpc) is 2.77. The Morgan fingerprint density at radius 3 is 2.94 bits per heavy atom. The number of esters is 1. The van der Waals surface area contributed by atoms with Crippen molar-refractivity contribution in [3.8, 4) is 0 Å². The fourth-order valence-electron chi connectivity index (χ4n) is 1.77. The first-order valence-corrected chi connectivity index (χ1v) is 7.22. The molecule has 94 valence electrons. The second-order valence-electron chi connectivity index (χ2n) is 4.00. The van der Waals surface area contributed by atoms with Crippen molar-refractivity contribution in [2.75, 3.05) is 19.0 Å². The van der Waals surface area contributed by atoms with Gasteiger partial charge in [0.15, 0.2) is 0 Å². The maximum absolute atomic E-state index is 11.7. The van der Waals surface area contributed by atoms with Gasteiger partial charge in [0.2, 0.25) is 0 Å². The summed E-state index contributed by atoms with van der Waals surface area (Å²) in [6, 6.07) is 0. The monoisotopic (exact) mass is 246 g/mol. The summed E-state index contributed by atoms with van der Waals surface area (Å²) < 4.78 is 10.6. The summed E-state index contributed by atoms with van der Waals surface area (Å²) in [6.45, 7) is 5.30. The molecule has 0 radical (unpaired) electrons. The van der Waals surface area contributed by atoms with Crippen molar-refractivity contribution in [2.45, 2.75) is 50.9 Å². The number of hydrogen-bond acceptors (Lipinski definition) is 4. The predicted molar refractivity (Wildman–Crippen MR) is 66.8 cm³/mol. The van der Waals surface area contributed by atoms with Gasteiger partial charge >= 0.3 is 5.97 Å². The number of rotatable bonds is 7. The maximum atomic E-state index is 11.7. The quantitative estimate of drug-likeness (QED) is 0.647. The number of hydrogen-bond donors (Lipinski definition) is 0. The van der Waals surface area contributed by atoms with Crippen molar-refractivity contribution in [3.63, 3.8) is 0 Å². The Balaban J connectivity index is 2.28. The molecule has 16 heavy (non-hydrogen) atoms. The Bertz CT molecular complexity index is 202. The molecular weight excluding hydrogens is 224 g/mol. The third kappa shape index (κ3) is 4.74. The lowest BCUT2D eigenvalue weighted by atomic mass is 10.2. The summed E-state index contributed by atoms with van der Waals surface area (Å²) in [6.07, 6.45) is 4.55. The molecule has 1 aliphatic rings. The van der Waals surface area contributed by atoms with Crippen molar-refractivity contribution in [1.29, 1.82) is 0 Å². The topological polar surface area (TPSA) is 35.5 Å². The molecule has 1 heterocycles. The second-order valence-corrected chi connectivity index (χ2v) is 5.23. The predicted octanol–water partition coefficient (Wildman–Crippen LogP) is 2.63. The van der Waals surface area contributed by atoms with Crippen molar-refractivity contribution < 1.29 is 14.3 Å². The van der Waals surface area contributed by atoms with Crippen molar-refractivity contribution in [1.82, 2.24) is 0 Å². The van der Waals surface area contributed by atoms with E-state index in [-0.39, 0.29) is 11.2 Å². The Morgan fingerprint density at radius 2 is 2.38 bits per heavy atom. The van der Waals surface area contributed by atoms with Crippen LogP contribution >= 0.6 is 11.8 Å². The molecular formula is C12H22O3S. The molecule has 0 aliphatic carbocycles. The number of thioether (sulfide) groups is 1. The molecule has 1 fully saturated rings. The van der Waals surface area contributed by atoms with Gasteiger partial charge in [-0.05, 0) is 26.2 Å². The molecule has 1 rings (SSSR count). The Kier molecular flexibility index (Phi) is 6.88. The van der Waals surface area contributed by atoms with Gasteiger partial charge in [0, 0.05) is 12.4 Å². The highest BCUT2D eigenvalue weighted by Crippen LogP contribution is 2.23. The van der Waals surface area contributed by atoms with Crippen LogP contribution in [0.4, 0.5) is 0 Å². The minimum atomic E-state index is -0.0626. The highest BCUT2D eigenvalue weighted by atomic mass is 32.2. The molecule has 1 saturated heterocycles. The zero-order valence-electron chi connectivity index (χ0n) is 10.2. The van der Waals surface area contributed by atoms with E-state index in [1.165, 1.54) is 0 Å². The lowest BCUT2D eigenvalue weighted by Crippen LogP contribution is -2.22. The van der Waals surface area contributed by atoms with Gasteiger partial charge in [-0.25, -0.2) is 0 Å². The van der Waals surface area contributed by atoms with Crippen molar-refractivity contribution in [2.24, 2.45) is 0 Å². The molecule has 2 unspecified atom stereocenters. The molecule has 3 nitrogen and oxygen atoms in total. The lowest BCUT2D eigenvalue weighted by molar-refractivity contribution is -0.142. The van der Waals surface area contributed by atoms with E-state index < -0.39 is 0 Å². The molecule has 2 atom stereocenters. The molecule has 0 amide bonds. The Hall–Kier alpha value is -0.220. The standard InChI is InChI=1S/C12H22O3S/c1-3-6-11(12(13)14-4-2)16-9-10-7-5-8-15-10/h10-11H,3-9H2,1-2H3. The maximum Gasteiger partial charge on any atom is 0.319 e. The summed E-state index contributed by atoms with van der Waals surface area (Å²) in [4.78, 5) is 11.7. The van der Waals surface area contributed by atoms with Crippen LogP contribution in [0.25, 0.3) is 0 Å². The molecule has 4 heteroatoms. The summed E-state index contributed by atoms with van der Waals surface area (Å²) >= 11 is 1.69. The van der Waals surface area contributed by atoms with E-state index in [4.69, 9.17) is 9.47 Å². The van der Waals surface area contributed by atoms with Gasteiger partial charge in [-0.3, -0.25) is 4.79 Å². The molecule has 0 saturated carbocycles. The van der Waals surface area contributed by atoms with E-state index in [1.807, 2.05) is 6.92 Å². The van der Waals surface area contributed by atoms with Crippen LogP contribution in [0.3, 0.4) is 0 Å². The first-order chi connectivity index (χ1) is 7.77. The third-order valence-electron chi connectivity index (χ3n) is 2.61. The van der Waals surface area contributed by atoms with E-state index in [9.17, 15) is 4.79 Å². The fraction of sp³-hybridized carbons (Fsp3) is 0.917. The third-order valence-corrected chi connectivity index (χ3v) is 4.00. The largest absolute Gasteiger partial charge is 0.465 e. The van der Waals surface area contributed by atoms with E-state index >= 15 is 0 Å². The van der Waals surface area contributed by atoms with Gasteiger partial charge in [-0.1, -0.05) is 13.3 Å². The fourth-order valence-corrected chi connectivity index (χ4v) is 3.08. The van der Waals surface area contributed by atoms with Crippen LogP contribution in [0.1, 0.15) is 39.5 Å². The average molecular weight is 246 g/mol. The van der Waals surface area contributed by atoms with Gasteiger partial charge in [0.05, 0.1) is 12.7 Å². The number of ether oxygens (including phenoxy) is 2. The van der Waals surface area contributed by atoms with Crippen LogP contribution < -0.4 is 0 Å². The molecule has 0 spiro atoms. The molecule has 0 N–H and O–H groups in total. The minimum absolute atomic E-state index is 0.00542. The second kappa shape index (κ2) is 7.96. The van der Waals surface area contributed by atoms with Gasteiger partial charge in [0.25, 0.3) is 0 Å². The lowest BCUT2D eigenvalue weighted by Gasteiger charge is -2.16. The highest BCUT2D eigenvalue weighted by molar-refractivity contribution is 8.00. The van der Waals surface area contributed by atoms with E-state index in [0.29, 0.717) is 12.7 Å². The van der Waals surface area contributed by atoms with Crippen LogP contribution in [-0.4, -0.2) is 36.3 Å². The van der Waals surface area contributed by atoms with Crippen LogP contribution in [-0.2, 0) is 14.3 Å². The van der Waals surface area contributed by atoms with Crippen LogP contribution in [0, 0.1) is 0 Å². The zero-order chi connectivity index (χ0) is 11.8. The summed E-state index contributed by atoms with van der Waals surface area (Å²) in [5.74, 6) is 0.857. The van der Waals surface area contributed by atoms with Crippen molar-refractivity contribution in [3.05, 3.63) is 0 Å². The SMILES string of the molecule is CCCC(SCC1CCCO1)C(=O)OCC. The van der Waals surface area contributed by atoms with Crippen LogP contribution in [0.15, 0.2) is 0 Å². The van der Waals surface area contributed by atoms with E-state index in [1.54, 1.807) is 11.8 Å². The first kappa shape index (κ1) is 13.8. The van der Waals surface area contributed by atoms with E-state index in [0.717, 1.165) is 38.0 Å². The van der Waals surface area contributed by atoms with Crippen LogP contribution in [0.5, 0.6) is 0 Å².